The van der Waals surface area contributed by atoms with Crippen LogP contribution in [0.2, 0.25) is 0 Å². The molecule has 0 N–H and O–H groups in total. The summed E-state index contributed by atoms with van der Waals surface area (Å²) in [5.74, 6) is 2.55. The second-order valence-corrected chi connectivity index (χ2v) is 6.82. The lowest BCUT2D eigenvalue weighted by Gasteiger charge is -2.32. The van der Waals surface area contributed by atoms with Gasteiger partial charge in [-0.2, -0.15) is 0 Å². The predicted octanol–water partition coefficient (Wildman–Crippen LogP) is 4.19. The Morgan fingerprint density at radius 2 is 1.86 bits per heavy atom. The molecule has 0 bridgehead atoms. The van der Waals surface area contributed by atoms with Crippen LogP contribution < -0.4 is 14.2 Å². The van der Waals surface area contributed by atoms with Crippen LogP contribution in [0.3, 0.4) is 0 Å². The molecule has 1 saturated heterocycles. The minimum atomic E-state index is 0.0241. The molecule has 1 fully saturated rings. The van der Waals surface area contributed by atoms with Crippen molar-refractivity contribution in [3.05, 3.63) is 66.7 Å². The Bertz CT molecular complexity index is 782. The minimum absolute atomic E-state index is 0.0241. The van der Waals surface area contributed by atoms with E-state index in [0.717, 1.165) is 31.7 Å². The molecular weight excluding hydrogens is 354 g/mol. The highest BCUT2D eigenvalue weighted by molar-refractivity contribution is 5.95. The molecule has 0 radical (unpaired) electrons. The van der Waals surface area contributed by atoms with Gasteiger partial charge in [-0.15, -0.1) is 0 Å². The maximum atomic E-state index is 12.9. The summed E-state index contributed by atoms with van der Waals surface area (Å²) in [5, 5.41) is 0. The maximum Gasteiger partial charge on any atom is 0.253 e. The number of para-hydroxylation sites is 1. The van der Waals surface area contributed by atoms with Crippen molar-refractivity contribution in [2.75, 3.05) is 33.4 Å². The molecule has 0 aliphatic carbocycles. The van der Waals surface area contributed by atoms with E-state index in [1.54, 1.807) is 31.4 Å². The van der Waals surface area contributed by atoms with E-state index < -0.39 is 0 Å². The Morgan fingerprint density at radius 1 is 1.11 bits per heavy atom. The summed E-state index contributed by atoms with van der Waals surface area (Å²) in [6.07, 6.45) is 3.55. The third kappa shape index (κ3) is 5.06. The zero-order valence-electron chi connectivity index (χ0n) is 16.3. The van der Waals surface area contributed by atoms with Gasteiger partial charge in [0.1, 0.15) is 12.4 Å². The third-order valence-corrected chi connectivity index (χ3v) is 4.90. The quantitative estimate of drug-likeness (QED) is 0.643. The molecule has 1 amide bonds. The molecule has 5 heteroatoms. The fraction of sp³-hybridized carbons (Fsp3) is 0.348. The number of likely N-dealkylation sites (tertiary alicyclic amines) is 1. The highest BCUT2D eigenvalue weighted by Crippen LogP contribution is 2.29. The van der Waals surface area contributed by atoms with Gasteiger partial charge in [-0.3, -0.25) is 4.79 Å². The van der Waals surface area contributed by atoms with E-state index in [1.165, 1.54) is 0 Å². The van der Waals surface area contributed by atoms with Crippen molar-refractivity contribution in [3.8, 4) is 17.2 Å². The molecule has 0 saturated carbocycles. The van der Waals surface area contributed by atoms with Gasteiger partial charge < -0.3 is 19.1 Å². The van der Waals surface area contributed by atoms with E-state index in [4.69, 9.17) is 14.2 Å². The van der Waals surface area contributed by atoms with Crippen molar-refractivity contribution in [1.29, 1.82) is 0 Å². The number of benzene rings is 2. The number of piperidine rings is 1. The van der Waals surface area contributed by atoms with Crippen LogP contribution in [-0.2, 0) is 0 Å². The van der Waals surface area contributed by atoms with Gasteiger partial charge in [-0.1, -0.05) is 30.9 Å². The normalized spacial score (nSPS) is 14.4. The van der Waals surface area contributed by atoms with Gasteiger partial charge in [0, 0.05) is 18.7 Å². The highest BCUT2D eigenvalue weighted by Gasteiger charge is 2.24. The van der Waals surface area contributed by atoms with Crippen molar-refractivity contribution in [2.45, 2.75) is 12.8 Å². The first-order valence-electron chi connectivity index (χ1n) is 9.60. The largest absolute Gasteiger partial charge is 0.493 e. The van der Waals surface area contributed by atoms with Crippen molar-refractivity contribution >= 4 is 5.91 Å². The molecule has 1 heterocycles. The first kappa shape index (κ1) is 19.8. The van der Waals surface area contributed by atoms with Crippen LogP contribution in [0.1, 0.15) is 23.2 Å². The average molecular weight is 381 g/mol. The average Bonchev–Trinajstić information content (AvgIpc) is 2.76. The molecule has 3 rings (SSSR count). The number of rotatable bonds is 8. The topological polar surface area (TPSA) is 48.0 Å². The molecular formula is C23H27NO4. The van der Waals surface area contributed by atoms with E-state index in [9.17, 15) is 4.79 Å². The number of amides is 1. The molecule has 28 heavy (non-hydrogen) atoms. The molecule has 0 aromatic heterocycles. The molecule has 5 nitrogen and oxygen atoms in total. The Labute approximate surface area is 166 Å². The van der Waals surface area contributed by atoms with Gasteiger partial charge in [0.05, 0.1) is 13.7 Å². The molecule has 0 atom stereocenters. The molecule has 1 aliphatic rings. The fourth-order valence-corrected chi connectivity index (χ4v) is 3.28. The van der Waals surface area contributed by atoms with E-state index in [-0.39, 0.29) is 5.91 Å². The van der Waals surface area contributed by atoms with Crippen LogP contribution in [-0.4, -0.2) is 44.2 Å². The number of hydrogen-bond donors (Lipinski definition) is 0. The monoisotopic (exact) mass is 381 g/mol. The minimum Gasteiger partial charge on any atom is -0.493 e. The van der Waals surface area contributed by atoms with Crippen molar-refractivity contribution in [3.63, 3.8) is 0 Å². The van der Waals surface area contributed by atoms with Crippen LogP contribution in [0.4, 0.5) is 0 Å². The molecule has 148 valence electrons. The Hall–Kier alpha value is -2.95. The summed E-state index contributed by atoms with van der Waals surface area (Å²) in [5.41, 5.74) is 0.613. The highest BCUT2D eigenvalue weighted by atomic mass is 16.5. The predicted molar refractivity (Wildman–Crippen MR) is 109 cm³/mol. The van der Waals surface area contributed by atoms with Gasteiger partial charge in [0.25, 0.3) is 5.91 Å². The van der Waals surface area contributed by atoms with Crippen LogP contribution in [0.25, 0.3) is 0 Å². The smallest absolute Gasteiger partial charge is 0.253 e. The van der Waals surface area contributed by atoms with Gasteiger partial charge in [0.2, 0.25) is 0 Å². The Morgan fingerprint density at radius 3 is 2.54 bits per heavy atom. The lowest BCUT2D eigenvalue weighted by atomic mass is 9.97. The number of ether oxygens (including phenoxy) is 3. The van der Waals surface area contributed by atoms with Crippen LogP contribution >= 0.6 is 0 Å². The summed E-state index contributed by atoms with van der Waals surface area (Å²) in [7, 11) is 1.57. The second-order valence-electron chi connectivity index (χ2n) is 6.82. The SMILES string of the molecule is C=CCOc1ccc(C(=O)N2CCC(COc3ccccc3)CC2)cc1OC. The molecule has 0 spiro atoms. The zero-order valence-corrected chi connectivity index (χ0v) is 16.3. The molecule has 2 aromatic carbocycles. The summed E-state index contributed by atoms with van der Waals surface area (Å²) in [4.78, 5) is 14.8. The third-order valence-electron chi connectivity index (χ3n) is 4.90. The molecule has 2 aromatic rings. The first-order chi connectivity index (χ1) is 13.7. The second kappa shape index (κ2) is 9.83. The standard InChI is InChI=1S/C23H27NO4/c1-3-15-27-21-10-9-19(16-22(21)26-2)23(25)24-13-11-18(12-14-24)17-28-20-7-5-4-6-8-20/h3-10,16,18H,1,11-15,17H2,2H3. The van der Waals surface area contributed by atoms with Crippen LogP contribution in [0.15, 0.2) is 61.2 Å². The van der Waals surface area contributed by atoms with Crippen molar-refractivity contribution in [2.24, 2.45) is 5.92 Å². The van der Waals surface area contributed by atoms with Crippen LogP contribution in [0.5, 0.6) is 17.2 Å². The van der Waals surface area contributed by atoms with Gasteiger partial charge >= 0.3 is 0 Å². The van der Waals surface area contributed by atoms with E-state index >= 15 is 0 Å². The summed E-state index contributed by atoms with van der Waals surface area (Å²) >= 11 is 0. The number of hydrogen-bond acceptors (Lipinski definition) is 4. The molecule has 0 unspecified atom stereocenters. The maximum absolute atomic E-state index is 12.9. The first-order valence-corrected chi connectivity index (χ1v) is 9.60. The van der Waals surface area contributed by atoms with Crippen LogP contribution in [0, 0.1) is 5.92 Å². The Balaban J connectivity index is 1.53. The number of methoxy groups -OCH3 is 1. The van der Waals surface area contributed by atoms with Gasteiger partial charge in [-0.05, 0) is 49.1 Å². The number of carbonyl (C=O) groups excluding carboxylic acids is 1. The lowest BCUT2D eigenvalue weighted by Crippen LogP contribution is -2.39. The van der Waals surface area contributed by atoms with Crippen molar-refractivity contribution in [1.82, 2.24) is 4.90 Å². The number of carbonyl (C=O) groups is 1. The van der Waals surface area contributed by atoms with E-state index in [1.807, 2.05) is 35.2 Å². The van der Waals surface area contributed by atoms with Crippen molar-refractivity contribution < 1.29 is 19.0 Å². The Kier molecular flexibility index (Phi) is 6.95. The fourth-order valence-electron chi connectivity index (χ4n) is 3.28. The van der Waals surface area contributed by atoms with Gasteiger partial charge in [-0.25, -0.2) is 0 Å². The zero-order chi connectivity index (χ0) is 19.8. The summed E-state index contributed by atoms with van der Waals surface area (Å²) < 4.78 is 16.8. The lowest BCUT2D eigenvalue weighted by molar-refractivity contribution is 0.0660. The van der Waals surface area contributed by atoms with E-state index in [2.05, 4.69) is 6.58 Å². The number of nitrogens with zero attached hydrogens (tertiary/aromatic N) is 1. The molecule has 1 aliphatic heterocycles. The van der Waals surface area contributed by atoms with E-state index in [0.29, 0.717) is 36.2 Å². The summed E-state index contributed by atoms with van der Waals surface area (Å²) in [6, 6.07) is 15.2. The summed E-state index contributed by atoms with van der Waals surface area (Å²) in [6.45, 7) is 6.19. The van der Waals surface area contributed by atoms with Gasteiger partial charge in [0.15, 0.2) is 11.5 Å².